The van der Waals surface area contributed by atoms with Gasteiger partial charge in [-0.15, -0.1) is 0 Å². The minimum Gasteiger partial charge on any atom is -1.00 e. The molecular weight excluding hydrogens is 427 g/mol. The van der Waals surface area contributed by atoms with Gasteiger partial charge in [-0.1, -0.05) is 84.0 Å². The number of carboxylic acids is 2. The number of carbonyl (C=O) groups is 3. The average Bonchev–Trinajstić information content (AvgIpc) is 2.76. The summed E-state index contributed by atoms with van der Waals surface area (Å²) in [6, 6.07) is 0. The number of esters is 1. The third-order valence-electron chi connectivity index (χ3n) is 6.12. The van der Waals surface area contributed by atoms with Crippen molar-refractivity contribution in [1.29, 1.82) is 0 Å². The zero-order valence-electron chi connectivity index (χ0n) is 23.2. The van der Waals surface area contributed by atoms with Crippen molar-refractivity contribution in [2.24, 2.45) is 0 Å². The molecule has 0 saturated heterocycles. The summed E-state index contributed by atoms with van der Waals surface area (Å²) in [5.74, 6) is -1.52. The largest absolute Gasteiger partial charge is 1.00 e. The number of carboxylic acid groups (broad SMARTS) is 2. The molecular formula is C27H51LiO6. The third kappa shape index (κ3) is 27.3. The van der Waals surface area contributed by atoms with Gasteiger partial charge in [0, 0.05) is 19.3 Å². The molecule has 7 heteroatoms. The monoisotopic (exact) mass is 478 g/mol. The van der Waals surface area contributed by atoms with E-state index in [0.717, 1.165) is 77.0 Å². The molecule has 196 valence electrons. The average molecular weight is 479 g/mol. The van der Waals surface area contributed by atoms with Crippen LogP contribution in [0, 0.1) is 0 Å². The van der Waals surface area contributed by atoms with Gasteiger partial charge in [0.15, 0.2) is 0 Å². The number of hydrogen-bond acceptors (Lipinski definition) is 4. The maximum Gasteiger partial charge on any atom is 1.00 e. The van der Waals surface area contributed by atoms with Crippen molar-refractivity contribution >= 4 is 17.9 Å². The van der Waals surface area contributed by atoms with Gasteiger partial charge in [0.1, 0.15) is 6.10 Å². The van der Waals surface area contributed by atoms with E-state index in [-0.39, 0.29) is 45.2 Å². The summed E-state index contributed by atoms with van der Waals surface area (Å²) in [4.78, 5) is 33.3. The van der Waals surface area contributed by atoms with Gasteiger partial charge >= 0.3 is 36.8 Å². The molecule has 0 fully saturated rings. The van der Waals surface area contributed by atoms with E-state index in [1.165, 1.54) is 38.5 Å². The van der Waals surface area contributed by atoms with Crippen LogP contribution in [-0.2, 0) is 19.1 Å². The number of aliphatic carboxylic acids is 2. The van der Waals surface area contributed by atoms with Crippen LogP contribution in [0.25, 0.3) is 0 Å². The van der Waals surface area contributed by atoms with Gasteiger partial charge < -0.3 is 16.4 Å². The van der Waals surface area contributed by atoms with Crippen molar-refractivity contribution in [1.82, 2.24) is 0 Å². The Morgan fingerprint density at radius 3 is 1.35 bits per heavy atom. The van der Waals surface area contributed by atoms with Crippen molar-refractivity contribution in [3.63, 3.8) is 0 Å². The molecule has 2 N–H and O–H groups in total. The fourth-order valence-electron chi connectivity index (χ4n) is 4.09. The predicted octanol–water partition coefficient (Wildman–Crippen LogP) is 4.79. The number of rotatable bonds is 25. The summed E-state index contributed by atoms with van der Waals surface area (Å²) >= 11 is 0. The topological polar surface area (TPSA) is 101 Å². The van der Waals surface area contributed by atoms with Crippen molar-refractivity contribution in [2.45, 2.75) is 154 Å². The SMILES string of the molecule is CCCCCCC(CCCCCCCCCCC(=O)O)OC(=O)CCCCCCCC(=O)O.[H-].[Li+]. The molecule has 0 heterocycles. The quantitative estimate of drug-likeness (QED) is 0.111. The smallest absolute Gasteiger partial charge is 1.00 e. The van der Waals surface area contributed by atoms with Crippen LogP contribution in [0.1, 0.15) is 150 Å². The van der Waals surface area contributed by atoms with Crippen molar-refractivity contribution in [3.8, 4) is 0 Å². The van der Waals surface area contributed by atoms with Gasteiger partial charge in [0.05, 0.1) is 0 Å². The molecule has 0 spiro atoms. The number of hydrogen-bond donors (Lipinski definition) is 2. The summed E-state index contributed by atoms with van der Waals surface area (Å²) in [6.07, 6.45) is 20.8. The van der Waals surface area contributed by atoms with Crippen LogP contribution in [0.4, 0.5) is 0 Å². The molecule has 0 radical (unpaired) electrons. The Labute approximate surface area is 221 Å². The van der Waals surface area contributed by atoms with E-state index in [4.69, 9.17) is 14.9 Å². The number of unbranched alkanes of at least 4 members (excludes halogenated alkanes) is 14. The molecule has 0 aromatic rings. The maximum absolute atomic E-state index is 12.3. The predicted molar refractivity (Wildman–Crippen MR) is 134 cm³/mol. The fraction of sp³-hybridized carbons (Fsp3) is 0.889. The summed E-state index contributed by atoms with van der Waals surface area (Å²) in [7, 11) is 0. The van der Waals surface area contributed by atoms with Crippen LogP contribution in [-0.4, -0.2) is 34.2 Å². The molecule has 0 aliphatic rings. The standard InChI is InChI=1S/C27H50O6.Li.H/c1-2-3-4-14-19-24(20-15-10-7-5-6-8-11-16-21-25(28)29)33-27(32)23-18-13-9-12-17-22-26(30)31;;/h24H,2-23H2,1H3,(H,28,29)(H,30,31);;/q;+1;-1. The molecule has 0 amide bonds. The zero-order chi connectivity index (χ0) is 24.6. The van der Waals surface area contributed by atoms with E-state index >= 15 is 0 Å². The van der Waals surface area contributed by atoms with E-state index < -0.39 is 11.9 Å². The summed E-state index contributed by atoms with van der Waals surface area (Å²) in [6.45, 7) is 2.20. The number of ether oxygens (including phenoxy) is 1. The molecule has 0 saturated carbocycles. The fourth-order valence-corrected chi connectivity index (χ4v) is 4.09. The zero-order valence-corrected chi connectivity index (χ0v) is 22.2. The van der Waals surface area contributed by atoms with E-state index in [1.54, 1.807) is 0 Å². The van der Waals surface area contributed by atoms with Crippen LogP contribution in [0.2, 0.25) is 0 Å². The van der Waals surface area contributed by atoms with Crippen molar-refractivity contribution in [3.05, 3.63) is 0 Å². The van der Waals surface area contributed by atoms with Crippen molar-refractivity contribution < 1.29 is 49.6 Å². The second-order valence-corrected chi connectivity index (χ2v) is 9.38. The van der Waals surface area contributed by atoms with E-state index in [2.05, 4.69) is 6.92 Å². The van der Waals surface area contributed by atoms with Crippen LogP contribution in [0.15, 0.2) is 0 Å². The van der Waals surface area contributed by atoms with Crippen LogP contribution < -0.4 is 18.9 Å². The Balaban J connectivity index is -0.00000512. The molecule has 0 aliphatic heterocycles. The molecule has 6 nitrogen and oxygen atoms in total. The summed E-state index contributed by atoms with van der Waals surface area (Å²) in [5.41, 5.74) is 0. The second kappa shape index (κ2) is 26.6. The van der Waals surface area contributed by atoms with E-state index in [9.17, 15) is 14.4 Å². The van der Waals surface area contributed by atoms with Gasteiger partial charge in [0.25, 0.3) is 0 Å². The molecule has 1 unspecified atom stereocenters. The van der Waals surface area contributed by atoms with Crippen molar-refractivity contribution in [2.75, 3.05) is 0 Å². The number of carbonyl (C=O) groups excluding carboxylic acids is 1. The molecule has 0 aromatic carbocycles. The molecule has 1 atom stereocenters. The van der Waals surface area contributed by atoms with Crippen LogP contribution in [0.5, 0.6) is 0 Å². The molecule has 0 aliphatic carbocycles. The minimum absolute atomic E-state index is 0. The van der Waals surface area contributed by atoms with Gasteiger partial charge in [-0.3, -0.25) is 14.4 Å². The van der Waals surface area contributed by atoms with Crippen LogP contribution >= 0.6 is 0 Å². The Bertz CT molecular complexity index is 504. The molecule has 34 heavy (non-hydrogen) atoms. The molecule has 0 rings (SSSR count). The second-order valence-electron chi connectivity index (χ2n) is 9.38. The first-order valence-corrected chi connectivity index (χ1v) is 13.6. The van der Waals surface area contributed by atoms with Gasteiger partial charge in [-0.2, -0.15) is 0 Å². The third-order valence-corrected chi connectivity index (χ3v) is 6.12. The summed E-state index contributed by atoms with van der Waals surface area (Å²) < 4.78 is 5.82. The normalized spacial score (nSPS) is 11.6. The Morgan fingerprint density at radius 2 is 0.941 bits per heavy atom. The first-order chi connectivity index (χ1) is 16.0. The first kappa shape index (κ1) is 35.2. The van der Waals surface area contributed by atoms with Crippen LogP contribution in [0.3, 0.4) is 0 Å². The van der Waals surface area contributed by atoms with Gasteiger partial charge in [-0.05, 0) is 44.9 Å². The van der Waals surface area contributed by atoms with E-state index in [1.807, 2.05) is 0 Å². The minimum atomic E-state index is -0.739. The molecule has 0 bridgehead atoms. The van der Waals surface area contributed by atoms with Gasteiger partial charge in [-0.25, -0.2) is 0 Å². The Kier molecular flexibility index (Phi) is 27.5. The molecule has 0 aromatic heterocycles. The van der Waals surface area contributed by atoms with Gasteiger partial charge in [0.2, 0.25) is 0 Å². The first-order valence-electron chi connectivity index (χ1n) is 13.6. The maximum atomic E-state index is 12.3. The Morgan fingerprint density at radius 1 is 0.588 bits per heavy atom. The Hall–Kier alpha value is -0.993. The summed E-state index contributed by atoms with van der Waals surface area (Å²) in [5, 5.41) is 17.3. The van der Waals surface area contributed by atoms with E-state index in [0.29, 0.717) is 12.8 Å².